The summed E-state index contributed by atoms with van der Waals surface area (Å²) in [6, 6.07) is 15.5. The van der Waals surface area contributed by atoms with Gasteiger partial charge in [0.05, 0.1) is 11.2 Å². The number of carbonyl (C=O) groups excluding carboxylic acids is 1. The van der Waals surface area contributed by atoms with Crippen molar-refractivity contribution in [2.45, 2.75) is 13.8 Å². The summed E-state index contributed by atoms with van der Waals surface area (Å²) >= 11 is 0. The number of aromatic amines is 1. The van der Waals surface area contributed by atoms with E-state index < -0.39 is 0 Å². The average molecular weight is 304 g/mol. The Morgan fingerprint density at radius 2 is 1.91 bits per heavy atom. The van der Waals surface area contributed by atoms with E-state index in [4.69, 9.17) is 4.42 Å². The minimum atomic E-state index is -0.251. The van der Waals surface area contributed by atoms with Crippen LogP contribution in [-0.4, -0.2) is 10.9 Å². The predicted octanol–water partition coefficient (Wildman–Crippen LogP) is 4.78. The molecule has 2 heterocycles. The second kappa shape index (κ2) is 5.02. The molecule has 23 heavy (non-hydrogen) atoms. The van der Waals surface area contributed by atoms with Crippen LogP contribution in [0.3, 0.4) is 0 Å². The van der Waals surface area contributed by atoms with Gasteiger partial charge in [0.1, 0.15) is 5.58 Å². The van der Waals surface area contributed by atoms with Crippen molar-refractivity contribution in [1.29, 1.82) is 0 Å². The quantitative estimate of drug-likeness (QED) is 0.559. The number of anilines is 1. The van der Waals surface area contributed by atoms with E-state index in [1.807, 2.05) is 50.2 Å². The molecule has 1 amide bonds. The number of aromatic nitrogens is 1. The van der Waals surface area contributed by atoms with Crippen molar-refractivity contribution in [1.82, 2.24) is 4.98 Å². The maximum atomic E-state index is 12.5. The first-order chi connectivity index (χ1) is 11.1. The molecule has 0 atom stereocenters. The molecule has 0 unspecified atom stereocenters. The Morgan fingerprint density at radius 1 is 1.04 bits per heavy atom. The molecule has 4 rings (SSSR count). The minimum absolute atomic E-state index is 0.251. The maximum absolute atomic E-state index is 12.5. The van der Waals surface area contributed by atoms with Gasteiger partial charge in [-0.3, -0.25) is 4.79 Å². The van der Waals surface area contributed by atoms with E-state index in [-0.39, 0.29) is 5.91 Å². The Bertz CT molecular complexity index is 1040. The third kappa shape index (κ3) is 2.38. The predicted molar refractivity (Wildman–Crippen MR) is 91.9 cm³/mol. The van der Waals surface area contributed by atoms with Gasteiger partial charge >= 0.3 is 0 Å². The lowest BCUT2D eigenvalue weighted by atomic mass is 10.2. The number of carbonyl (C=O) groups is 1. The fraction of sp³-hybridized carbons (Fsp3) is 0.105. The summed E-state index contributed by atoms with van der Waals surface area (Å²) in [5, 5.41) is 4.92. The first kappa shape index (κ1) is 13.6. The van der Waals surface area contributed by atoms with Crippen molar-refractivity contribution in [3.63, 3.8) is 0 Å². The van der Waals surface area contributed by atoms with E-state index in [2.05, 4.69) is 16.4 Å². The fourth-order valence-electron chi connectivity index (χ4n) is 2.83. The van der Waals surface area contributed by atoms with Crippen LogP contribution in [0, 0.1) is 13.8 Å². The molecule has 0 spiro atoms. The van der Waals surface area contributed by atoms with Gasteiger partial charge in [0.25, 0.3) is 5.91 Å². The lowest BCUT2D eigenvalue weighted by Gasteiger charge is -2.04. The first-order valence-electron chi connectivity index (χ1n) is 7.50. The summed E-state index contributed by atoms with van der Waals surface area (Å²) in [4.78, 5) is 15.8. The lowest BCUT2D eigenvalue weighted by Crippen LogP contribution is -2.11. The van der Waals surface area contributed by atoms with Crippen LogP contribution in [0.15, 0.2) is 52.9 Å². The largest absolute Gasteiger partial charge is 0.451 e. The summed E-state index contributed by atoms with van der Waals surface area (Å²) in [6.07, 6.45) is 0. The molecular weight excluding hydrogens is 288 g/mol. The number of para-hydroxylation sites is 1. The van der Waals surface area contributed by atoms with Crippen LogP contribution < -0.4 is 5.32 Å². The molecule has 0 bridgehead atoms. The van der Waals surface area contributed by atoms with Crippen LogP contribution >= 0.6 is 0 Å². The number of benzene rings is 2. The van der Waals surface area contributed by atoms with Crippen molar-refractivity contribution in [2.75, 3.05) is 5.32 Å². The second-order valence-electron chi connectivity index (χ2n) is 5.83. The van der Waals surface area contributed by atoms with Crippen LogP contribution in [0.25, 0.3) is 21.9 Å². The normalized spacial score (nSPS) is 11.2. The number of hydrogen-bond acceptors (Lipinski definition) is 2. The molecule has 4 aromatic rings. The molecule has 0 aliphatic rings. The molecule has 0 saturated heterocycles. The monoisotopic (exact) mass is 304 g/mol. The molecule has 2 N–H and O–H groups in total. The zero-order chi connectivity index (χ0) is 16.0. The standard InChI is InChI=1S/C19H16N2O2/c1-11-6-7-13-10-17(23-16(13)8-11)19(22)21-15-5-3-4-14-9-12(2)20-18(14)15/h3-10,20H,1-2H3,(H,21,22). The topological polar surface area (TPSA) is 58.0 Å². The van der Waals surface area contributed by atoms with Gasteiger partial charge in [-0.15, -0.1) is 0 Å². The molecular formula is C19H16N2O2. The van der Waals surface area contributed by atoms with E-state index >= 15 is 0 Å². The number of amides is 1. The Balaban J connectivity index is 1.70. The Kier molecular flexibility index (Phi) is 2.98. The van der Waals surface area contributed by atoms with Gasteiger partial charge in [0, 0.05) is 16.5 Å². The highest BCUT2D eigenvalue weighted by atomic mass is 16.3. The molecule has 2 aromatic heterocycles. The van der Waals surface area contributed by atoms with Crippen LogP contribution in [0.4, 0.5) is 5.69 Å². The smallest absolute Gasteiger partial charge is 0.291 e. The highest BCUT2D eigenvalue weighted by Gasteiger charge is 2.14. The van der Waals surface area contributed by atoms with E-state index in [1.165, 1.54) is 0 Å². The molecule has 0 aliphatic heterocycles. The van der Waals surface area contributed by atoms with Crippen LogP contribution in [0.2, 0.25) is 0 Å². The minimum Gasteiger partial charge on any atom is -0.451 e. The van der Waals surface area contributed by atoms with Gasteiger partial charge in [-0.05, 0) is 43.7 Å². The molecule has 4 heteroatoms. The average Bonchev–Trinajstić information content (AvgIpc) is 3.09. The van der Waals surface area contributed by atoms with Gasteiger partial charge < -0.3 is 14.7 Å². The van der Waals surface area contributed by atoms with Crippen molar-refractivity contribution >= 4 is 33.5 Å². The Hall–Kier alpha value is -3.01. The van der Waals surface area contributed by atoms with E-state index in [9.17, 15) is 4.79 Å². The SMILES string of the molecule is Cc1ccc2cc(C(=O)Nc3cccc4cc(C)[nH]c34)oc2c1. The number of rotatable bonds is 2. The summed E-state index contributed by atoms with van der Waals surface area (Å²) in [5.41, 5.74) is 4.55. The number of aryl methyl sites for hydroxylation is 2. The molecule has 0 radical (unpaired) electrons. The van der Waals surface area contributed by atoms with Crippen molar-refractivity contribution in [3.05, 3.63) is 65.5 Å². The maximum Gasteiger partial charge on any atom is 0.291 e. The summed E-state index contributed by atoms with van der Waals surface area (Å²) in [7, 11) is 0. The number of nitrogens with one attached hydrogen (secondary N) is 2. The highest BCUT2D eigenvalue weighted by molar-refractivity contribution is 6.08. The molecule has 114 valence electrons. The van der Waals surface area contributed by atoms with Gasteiger partial charge in [-0.2, -0.15) is 0 Å². The Morgan fingerprint density at radius 3 is 2.78 bits per heavy atom. The molecule has 2 aromatic carbocycles. The van der Waals surface area contributed by atoms with Gasteiger partial charge in [-0.25, -0.2) is 0 Å². The number of furan rings is 1. The highest BCUT2D eigenvalue weighted by Crippen LogP contribution is 2.25. The first-order valence-corrected chi connectivity index (χ1v) is 7.50. The summed E-state index contributed by atoms with van der Waals surface area (Å²) in [5.74, 6) is 0.0597. The van der Waals surface area contributed by atoms with Crippen LogP contribution in [-0.2, 0) is 0 Å². The van der Waals surface area contributed by atoms with Gasteiger partial charge in [0.2, 0.25) is 0 Å². The zero-order valence-corrected chi connectivity index (χ0v) is 12.9. The van der Waals surface area contributed by atoms with E-state index in [1.54, 1.807) is 6.07 Å². The van der Waals surface area contributed by atoms with Crippen LogP contribution in [0.1, 0.15) is 21.8 Å². The van der Waals surface area contributed by atoms with Gasteiger partial charge in [-0.1, -0.05) is 24.3 Å². The molecule has 4 nitrogen and oxygen atoms in total. The molecule has 0 fully saturated rings. The Labute approximate surface area is 133 Å². The number of fused-ring (bicyclic) bond motifs is 2. The summed E-state index contributed by atoms with van der Waals surface area (Å²) < 4.78 is 5.68. The van der Waals surface area contributed by atoms with Crippen LogP contribution in [0.5, 0.6) is 0 Å². The summed E-state index contributed by atoms with van der Waals surface area (Å²) in [6.45, 7) is 3.99. The fourth-order valence-corrected chi connectivity index (χ4v) is 2.83. The molecule has 0 saturated carbocycles. The third-order valence-corrected chi connectivity index (χ3v) is 3.94. The molecule has 0 aliphatic carbocycles. The van der Waals surface area contributed by atoms with Gasteiger partial charge in [0.15, 0.2) is 5.76 Å². The van der Waals surface area contributed by atoms with Crippen molar-refractivity contribution in [3.8, 4) is 0 Å². The van der Waals surface area contributed by atoms with E-state index in [0.717, 1.165) is 38.8 Å². The van der Waals surface area contributed by atoms with Crippen molar-refractivity contribution in [2.24, 2.45) is 0 Å². The lowest BCUT2D eigenvalue weighted by molar-refractivity contribution is 0.0999. The second-order valence-corrected chi connectivity index (χ2v) is 5.83. The van der Waals surface area contributed by atoms with E-state index in [0.29, 0.717) is 5.76 Å². The zero-order valence-electron chi connectivity index (χ0n) is 12.9. The number of hydrogen-bond donors (Lipinski definition) is 2. The number of H-pyrrole nitrogens is 1. The third-order valence-electron chi connectivity index (χ3n) is 3.94. The van der Waals surface area contributed by atoms with Crippen molar-refractivity contribution < 1.29 is 9.21 Å².